The van der Waals surface area contributed by atoms with E-state index in [4.69, 9.17) is 0 Å². The molecule has 0 spiro atoms. The van der Waals surface area contributed by atoms with Crippen LogP contribution in [0.2, 0.25) is 0 Å². The Morgan fingerprint density at radius 2 is 1.96 bits per heavy atom. The lowest BCUT2D eigenvalue weighted by Crippen LogP contribution is -2.38. The molecule has 2 aromatic rings. The minimum atomic E-state index is -3.32. The molecule has 6 nitrogen and oxygen atoms in total. The van der Waals surface area contributed by atoms with E-state index < -0.39 is 10.0 Å². The molecule has 0 saturated carbocycles. The third kappa shape index (κ3) is 4.22. The number of likely N-dealkylation sites (tertiary alicyclic amines) is 1. The highest BCUT2D eigenvalue weighted by Gasteiger charge is 2.29. The number of carbonyl (C=O) groups excluding carboxylic acids is 1. The largest absolute Gasteiger partial charge is 0.330 e. The van der Waals surface area contributed by atoms with Crippen LogP contribution >= 0.6 is 0 Å². The lowest BCUT2D eigenvalue weighted by Gasteiger charge is -2.35. The van der Waals surface area contributed by atoms with Crippen molar-refractivity contribution in [3.05, 3.63) is 59.9 Å². The number of piperidine rings is 1. The predicted molar refractivity (Wildman–Crippen MR) is 101 cm³/mol. The molecule has 1 fully saturated rings. The minimum absolute atomic E-state index is 0.00716. The van der Waals surface area contributed by atoms with Gasteiger partial charge in [-0.05, 0) is 62.6 Å². The molecule has 1 atom stereocenters. The molecule has 0 bridgehead atoms. The average molecular weight is 373 g/mol. The second kappa shape index (κ2) is 7.86. The number of hydrogen-bond acceptors (Lipinski definition) is 4. The van der Waals surface area contributed by atoms with Crippen LogP contribution in [0.4, 0.5) is 5.69 Å². The summed E-state index contributed by atoms with van der Waals surface area (Å²) in [7, 11) is -3.32. The van der Waals surface area contributed by atoms with Gasteiger partial charge in [0.1, 0.15) is 0 Å². The molecule has 1 aliphatic heterocycles. The lowest BCUT2D eigenvalue weighted by molar-refractivity contribution is 0.0606. The number of pyridine rings is 1. The van der Waals surface area contributed by atoms with E-state index in [1.807, 2.05) is 23.1 Å². The van der Waals surface area contributed by atoms with Crippen LogP contribution in [0.3, 0.4) is 0 Å². The third-order valence-corrected chi connectivity index (χ3v) is 5.88. The predicted octanol–water partition coefficient (Wildman–Crippen LogP) is 3.21. The van der Waals surface area contributed by atoms with Gasteiger partial charge in [-0.15, -0.1) is 0 Å². The van der Waals surface area contributed by atoms with Crippen LogP contribution in [0.5, 0.6) is 0 Å². The van der Waals surface area contributed by atoms with E-state index in [2.05, 4.69) is 9.71 Å². The van der Waals surface area contributed by atoms with Crippen molar-refractivity contribution in [2.24, 2.45) is 0 Å². The Bertz CT molecular complexity index is 851. The third-order valence-electron chi connectivity index (χ3n) is 4.58. The summed E-state index contributed by atoms with van der Waals surface area (Å²) >= 11 is 0. The van der Waals surface area contributed by atoms with Gasteiger partial charge in [-0.25, -0.2) is 8.42 Å². The van der Waals surface area contributed by atoms with E-state index in [1.54, 1.807) is 37.4 Å². The maximum absolute atomic E-state index is 13.0. The molecule has 1 aromatic heterocycles. The van der Waals surface area contributed by atoms with Crippen LogP contribution < -0.4 is 4.72 Å². The molecular formula is C19H23N3O3S. The Labute approximate surface area is 154 Å². The Balaban J connectivity index is 1.79. The van der Waals surface area contributed by atoms with Crippen LogP contribution in [0.15, 0.2) is 48.7 Å². The maximum Gasteiger partial charge on any atom is 0.254 e. The van der Waals surface area contributed by atoms with Crippen molar-refractivity contribution >= 4 is 21.6 Å². The smallest absolute Gasteiger partial charge is 0.254 e. The number of amides is 1. The molecule has 0 radical (unpaired) electrons. The van der Waals surface area contributed by atoms with Gasteiger partial charge in [-0.1, -0.05) is 6.07 Å². The molecule has 1 N–H and O–H groups in total. The van der Waals surface area contributed by atoms with Gasteiger partial charge >= 0.3 is 0 Å². The first-order valence-corrected chi connectivity index (χ1v) is 10.5. The van der Waals surface area contributed by atoms with Gasteiger partial charge in [0.25, 0.3) is 5.91 Å². The molecule has 1 aromatic carbocycles. The first-order valence-electron chi connectivity index (χ1n) is 8.82. The van der Waals surface area contributed by atoms with Crippen LogP contribution in [-0.2, 0) is 10.0 Å². The zero-order valence-electron chi connectivity index (χ0n) is 14.8. The molecule has 2 heterocycles. The monoisotopic (exact) mass is 373 g/mol. The molecule has 3 rings (SSSR count). The lowest BCUT2D eigenvalue weighted by atomic mass is 9.97. The van der Waals surface area contributed by atoms with Gasteiger partial charge < -0.3 is 4.90 Å². The number of carbonyl (C=O) groups is 1. The molecule has 26 heavy (non-hydrogen) atoms. The second-order valence-corrected chi connectivity index (χ2v) is 8.36. The van der Waals surface area contributed by atoms with E-state index in [-0.39, 0.29) is 17.7 Å². The standard InChI is InChI=1S/C19H23N3O3S/c1-2-26(24,25)21-16-11-9-15(10-12-16)19(23)22-14-6-4-8-18(22)17-7-3-5-13-20-17/h3,5,7,9-13,18,21H,2,4,6,8,14H2,1H3/t18-/m1/s1. The van der Waals surface area contributed by atoms with Gasteiger partial charge in [0.05, 0.1) is 17.5 Å². The fourth-order valence-electron chi connectivity index (χ4n) is 3.15. The van der Waals surface area contributed by atoms with E-state index >= 15 is 0 Å². The number of aromatic nitrogens is 1. The molecule has 7 heteroatoms. The summed E-state index contributed by atoms with van der Waals surface area (Å²) in [5, 5.41) is 0. The molecule has 138 valence electrons. The first-order chi connectivity index (χ1) is 12.5. The van der Waals surface area contributed by atoms with Crippen molar-refractivity contribution in [3.63, 3.8) is 0 Å². The van der Waals surface area contributed by atoms with Gasteiger partial charge in [0.15, 0.2) is 0 Å². The first kappa shape index (κ1) is 18.4. The van der Waals surface area contributed by atoms with Crippen molar-refractivity contribution in [1.29, 1.82) is 0 Å². The van der Waals surface area contributed by atoms with Gasteiger partial charge in [0, 0.05) is 24.0 Å². The van der Waals surface area contributed by atoms with Crippen molar-refractivity contribution in [1.82, 2.24) is 9.88 Å². The Morgan fingerprint density at radius 3 is 2.62 bits per heavy atom. The number of sulfonamides is 1. The van der Waals surface area contributed by atoms with Crippen molar-refractivity contribution in [2.45, 2.75) is 32.2 Å². The van der Waals surface area contributed by atoms with Crippen LogP contribution in [-0.4, -0.2) is 36.5 Å². The zero-order chi connectivity index (χ0) is 18.6. The molecule has 1 amide bonds. The summed E-state index contributed by atoms with van der Waals surface area (Å²) < 4.78 is 25.8. The van der Waals surface area contributed by atoms with Crippen LogP contribution in [0.1, 0.15) is 48.3 Å². The number of rotatable bonds is 5. The minimum Gasteiger partial charge on any atom is -0.330 e. The number of nitrogens with zero attached hydrogens (tertiary/aromatic N) is 2. The molecule has 0 unspecified atom stereocenters. The summed E-state index contributed by atoms with van der Waals surface area (Å²) in [5.41, 5.74) is 1.92. The quantitative estimate of drug-likeness (QED) is 0.873. The summed E-state index contributed by atoms with van der Waals surface area (Å²) in [4.78, 5) is 19.3. The van der Waals surface area contributed by atoms with E-state index in [0.29, 0.717) is 17.8 Å². The number of nitrogens with one attached hydrogen (secondary N) is 1. The van der Waals surface area contributed by atoms with Crippen molar-refractivity contribution in [3.8, 4) is 0 Å². The van der Waals surface area contributed by atoms with Crippen molar-refractivity contribution < 1.29 is 13.2 Å². The number of hydrogen-bond donors (Lipinski definition) is 1. The summed E-state index contributed by atoms with van der Waals surface area (Å²) in [6.45, 7) is 2.28. The number of benzene rings is 1. The fraction of sp³-hybridized carbons (Fsp3) is 0.368. The normalized spacial score (nSPS) is 17.7. The van der Waals surface area contributed by atoms with Crippen LogP contribution in [0, 0.1) is 0 Å². The van der Waals surface area contributed by atoms with Crippen LogP contribution in [0.25, 0.3) is 0 Å². The fourth-order valence-corrected chi connectivity index (χ4v) is 3.79. The molecule has 0 aliphatic carbocycles. The highest BCUT2D eigenvalue weighted by molar-refractivity contribution is 7.92. The van der Waals surface area contributed by atoms with Crippen molar-refractivity contribution in [2.75, 3.05) is 17.0 Å². The maximum atomic E-state index is 13.0. The zero-order valence-corrected chi connectivity index (χ0v) is 15.6. The Morgan fingerprint density at radius 1 is 1.19 bits per heavy atom. The highest BCUT2D eigenvalue weighted by Crippen LogP contribution is 2.31. The summed E-state index contributed by atoms with van der Waals surface area (Å²) in [5.74, 6) is -0.0435. The second-order valence-electron chi connectivity index (χ2n) is 6.35. The van der Waals surface area contributed by atoms with E-state index in [1.165, 1.54) is 0 Å². The van der Waals surface area contributed by atoms with E-state index in [9.17, 15) is 13.2 Å². The molecule has 1 saturated heterocycles. The molecular weight excluding hydrogens is 350 g/mol. The molecule has 1 aliphatic rings. The van der Waals surface area contributed by atoms with Gasteiger partial charge in [-0.2, -0.15) is 0 Å². The summed E-state index contributed by atoms with van der Waals surface area (Å²) in [6, 6.07) is 12.3. The van der Waals surface area contributed by atoms with Gasteiger partial charge in [0.2, 0.25) is 10.0 Å². The average Bonchev–Trinajstić information content (AvgIpc) is 2.68. The van der Waals surface area contributed by atoms with Gasteiger partial charge in [-0.3, -0.25) is 14.5 Å². The highest BCUT2D eigenvalue weighted by atomic mass is 32.2. The summed E-state index contributed by atoms with van der Waals surface area (Å²) in [6.07, 6.45) is 4.70. The Kier molecular flexibility index (Phi) is 5.56. The topological polar surface area (TPSA) is 79.4 Å². The number of anilines is 1. The SMILES string of the molecule is CCS(=O)(=O)Nc1ccc(C(=O)N2CCCC[C@@H]2c2ccccn2)cc1. The Hall–Kier alpha value is -2.41. The van der Waals surface area contributed by atoms with E-state index in [0.717, 1.165) is 25.0 Å².